The Bertz CT molecular complexity index is 1300. The highest BCUT2D eigenvalue weighted by Crippen LogP contribution is 2.29. The summed E-state index contributed by atoms with van der Waals surface area (Å²) in [4.78, 5) is 13.1. The fourth-order valence-electron chi connectivity index (χ4n) is 3.32. The molecule has 0 saturated carbocycles. The average Bonchev–Trinajstić information content (AvgIpc) is 2.79. The van der Waals surface area contributed by atoms with Gasteiger partial charge in [0.25, 0.3) is 11.8 Å². The lowest BCUT2D eigenvalue weighted by atomic mass is 10.0. The van der Waals surface area contributed by atoms with Crippen LogP contribution in [-0.4, -0.2) is 22.6 Å². The fourth-order valence-corrected chi connectivity index (χ4v) is 3.50. The molecule has 1 heterocycles. The van der Waals surface area contributed by atoms with E-state index in [-0.39, 0.29) is 18.0 Å². The quantitative estimate of drug-likeness (QED) is 0.384. The first-order valence-corrected chi connectivity index (χ1v) is 10.5. The van der Waals surface area contributed by atoms with Crippen LogP contribution in [0.1, 0.15) is 33.2 Å². The topological polar surface area (TPSA) is 64.1 Å². The van der Waals surface area contributed by atoms with Crippen LogP contribution in [0.25, 0.3) is 10.9 Å². The van der Waals surface area contributed by atoms with Gasteiger partial charge in [0.1, 0.15) is 17.5 Å². The van der Waals surface area contributed by atoms with Gasteiger partial charge in [0, 0.05) is 10.4 Å². The van der Waals surface area contributed by atoms with Gasteiger partial charge in [-0.15, -0.1) is 10.2 Å². The Kier molecular flexibility index (Phi) is 6.32. The van der Waals surface area contributed by atoms with Gasteiger partial charge in [-0.2, -0.15) is 0 Å². The van der Waals surface area contributed by atoms with Gasteiger partial charge in [-0.3, -0.25) is 4.79 Å². The highest BCUT2D eigenvalue weighted by atomic mass is 35.5. The van der Waals surface area contributed by atoms with Crippen LogP contribution in [0.15, 0.2) is 66.7 Å². The van der Waals surface area contributed by atoms with Crippen LogP contribution in [0.3, 0.4) is 0 Å². The maximum Gasteiger partial charge on any atom is 0.257 e. The van der Waals surface area contributed by atoms with Gasteiger partial charge in [0.2, 0.25) is 0 Å². The summed E-state index contributed by atoms with van der Waals surface area (Å²) in [6.07, 6.45) is -1.35. The summed E-state index contributed by atoms with van der Waals surface area (Å²) in [6.45, 7) is 3.71. The number of rotatable bonds is 6. The van der Waals surface area contributed by atoms with E-state index in [0.717, 1.165) is 11.1 Å². The Morgan fingerprint density at radius 3 is 2.62 bits per heavy atom. The monoisotopic (exact) mass is 449 g/mol. The first-order valence-electron chi connectivity index (χ1n) is 10.1. The van der Waals surface area contributed by atoms with Crippen molar-refractivity contribution in [3.63, 3.8) is 0 Å². The van der Waals surface area contributed by atoms with Crippen LogP contribution in [-0.2, 0) is 0 Å². The standard InChI is InChI=1S/C25H21ClFN3O2/c1-15-10-11-17(12-16(15)2)21(27)14-28-24(31)23-20-8-3-4-9-22(20)29-30-25(23)32-19-7-5-6-18(26)13-19/h3-13,21H,14H2,1-2H3,(H,28,31)/t21-/m0/s1. The van der Waals surface area contributed by atoms with E-state index in [0.29, 0.717) is 27.2 Å². The summed E-state index contributed by atoms with van der Waals surface area (Å²) in [5, 5.41) is 11.9. The van der Waals surface area contributed by atoms with Crippen molar-refractivity contribution in [2.75, 3.05) is 6.54 Å². The first kappa shape index (κ1) is 21.7. The summed E-state index contributed by atoms with van der Waals surface area (Å²) in [7, 11) is 0. The molecule has 1 atom stereocenters. The summed E-state index contributed by atoms with van der Waals surface area (Å²) < 4.78 is 20.7. The molecule has 32 heavy (non-hydrogen) atoms. The fraction of sp³-hybridized carbons (Fsp3) is 0.160. The smallest absolute Gasteiger partial charge is 0.257 e. The second-order valence-electron chi connectivity index (χ2n) is 7.48. The predicted octanol–water partition coefficient (Wildman–Crippen LogP) is 6.13. The van der Waals surface area contributed by atoms with E-state index in [4.69, 9.17) is 16.3 Å². The molecule has 4 aromatic rings. The number of fused-ring (bicyclic) bond motifs is 1. The third-order valence-electron chi connectivity index (χ3n) is 5.21. The Hall–Kier alpha value is -3.51. The lowest BCUT2D eigenvalue weighted by Crippen LogP contribution is -2.28. The van der Waals surface area contributed by atoms with Crippen molar-refractivity contribution in [1.82, 2.24) is 15.5 Å². The normalized spacial score (nSPS) is 11.9. The zero-order valence-electron chi connectivity index (χ0n) is 17.6. The molecular formula is C25H21ClFN3O2. The van der Waals surface area contributed by atoms with Crippen LogP contribution in [0, 0.1) is 13.8 Å². The van der Waals surface area contributed by atoms with Crippen molar-refractivity contribution in [2.24, 2.45) is 0 Å². The largest absolute Gasteiger partial charge is 0.437 e. The zero-order valence-corrected chi connectivity index (χ0v) is 18.4. The van der Waals surface area contributed by atoms with Crippen molar-refractivity contribution >= 4 is 28.4 Å². The molecule has 3 aromatic carbocycles. The highest BCUT2D eigenvalue weighted by Gasteiger charge is 2.21. The molecule has 4 rings (SSSR count). The Morgan fingerprint density at radius 1 is 1.03 bits per heavy atom. The molecule has 0 radical (unpaired) electrons. The van der Waals surface area contributed by atoms with Crippen LogP contribution in [0.4, 0.5) is 4.39 Å². The molecule has 0 aliphatic carbocycles. The van der Waals surface area contributed by atoms with Crippen LogP contribution < -0.4 is 10.1 Å². The Balaban J connectivity index is 1.62. The number of benzene rings is 3. The number of hydrogen-bond donors (Lipinski definition) is 1. The minimum atomic E-state index is -1.35. The van der Waals surface area contributed by atoms with Crippen molar-refractivity contribution in [3.8, 4) is 11.6 Å². The second kappa shape index (κ2) is 9.32. The molecule has 7 heteroatoms. The number of hydrogen-bond acceptors (Lipinski definition) is 4. The molecule has 0 unspecified atom stereocenters. The summed E-state index contributed by atoms with van der Waals surface area (Å²) >= 11 is 6.04. The van der Waals surface area contributed by atoms with Crippen molar-refractivity contribution in [3.05, 3.63) is 94.0 Å². The number of aryl methyl sites for hydroxylation is 2. The predicted molar refractivity (Wildman–Crippen MR) is 123 cm³/mol. The van der Waals surface area contributed by atoms with E-state index in [1.54, 1.807) is 60.7 Å². The van der Waals surface area contributed by atoms with Crippen molar-refractivity contribution in [1.29, 1.82) is 0 Å². The Labute approximate surface area is 190 Å². The van der Waals surface area contributed by atoms with E-state index in [9.17, 15) is 9.18 Å². The maximum atomic E-state index is 14.8. The SMILES string of the molecule is Cc1ccc([C@@H](F)CNC(=O)c2c(Oc3cccc(Cl)c3)nnc3ccccc23)cc1C. The van der Waals surface area contributed by atoms with Gasteiger partial charge >= 0.3 is 0 Å². The third-order valence-corrected chi connectivity index (χ3v) is 5.44. The molecule has 1 amide bonds. The maximum absolute atomic E-state index is 14.8. The molecule has 0 fully saturated rings. The van der Waals surface area contributed by atoms with E-state index < -0.39 is 12.1 Å². The average molecular weight is 450 g/mol. The van der Waals surface area contributed by atoms with E-state index >= 15 is 0 Å². The molecule has 1 aromatic heterocycles. The van der Waals surface area contributed by atoms with Gasteiger partial charge in [-0.1, -0.05) is 54.1 Å². The number of nitrogens with zero attached hydrogens (tertiary/aromatic N) is 2. The number of amides is 1. The van der Waals surface area contributed by atoms with Crippen molar-refractivity contribution < 1.29 is 13.9 Å². The van der Waals surface area contributed by atoms with Crippen LogP contribution in [0.5, 0.6) is 11.6 Å². The molecule has 0 saturated heterocycles. The van der Waals surface area contributed by atoms with Gasteiger partial charge in [-0.25, -0.2) is 4.39 Å². The number of carbonyl (C=O) groups excluding carboxylic acids is 1. The summed E-state index contributed by atoms with van der Waals surface area (Å²) in [5.41, 5.74) is 3.31. The lowest BCUT2D eigenvalue weighted by molar-refractivity contribution is 0.0940. The molecule has 162 valence electrons. The van der Waals surface area contributed by atoms with Crippen LogP contribution >= 0.6 is 11.6 Å². The Morgan fingerprint density at radius 2 is 1.84 bits per heavy atom. The minimum absolute atomic E-state index is 0.0186. The number of carbonyl (C=O) groups is 1. The summed E-state index contributed by atoms with van der Waals surface area (Å²) in [6, 6.07) is 19.2. The highest BCUT2D eigenvalue weighted by molar-refractivity contribution is 6.30. The zero-order chi connectivity index (χ0) is 22.7. The van der Waals surface area contributed by atoms with Gasteiger partial charge in [-0.05, 0) is 54.8 Å². The molecule has 1 N–H and O–H groups in total. The molecule has 5 nitrogen and oxygen atoms in total. The number of halogens is 2. The van der Waals surface area contributed by atoms with Crippen molar-refractivity contribution in [2.45, 2.75) is 20.0 Å². The molecular weight excluding hydrogens is 429 g/mol. The van der Waals surface area contributed by atoms with Gasteiger partial charge in [0.15, 0.2) is 0 Å². The first-order chi connectivity index (χ1) is 15.4. The van der Waals surface area contributed by atoms with Gasteiger partial charge in [0.05, 0.1) is 12.1 Å². The van der Waals surface area contributed by atoms with Gasteiger partial charge < -0.3 is 10.1 Å². The van der Waals surface area contributed by atoms with E-state index in [2.05, 4.69) is 15.5 Å². The minimum Gasteiger partial charge on any atom is -0.437 e. The van der Waals surface area contributed by atoms with E-state index in [1.165, 1.54) is 0 Å². The number of alkyl halides is 1. The molecule has 0 bridgehead atoms. The van der Waals surface area contributed by atoms with Crippen LogP contribution in [0.2, 0.25) is 5.02 Å². The molecule has 0 aliphatic rings. The number of ether oxygens (including phenoxy) is 1. The number of aromatic nitrogens is 2. The summed E-state index contributed by atoms with van der Waals surface area (Å²) in [5.74, 6) is -0.0701. The van der Waals surface area contributed by atoms with E-state index in [1.807, 2.05) is 19.9 Å². The second-order valence-corrected chi connectivity index (χ2v) is 7.91. The lowest BCUT2D eigenvalue weighted by Gasteiger charge is -2.14. The molecule has 0 aliphatic heterocycles. The number of nitrogens with one attached hydrogen (secondary N) is 1. The molecule has 0 spiro atoms. The third kappa shape index (κ3) is 4.70.